The summed E-state index contributed by atoms with van der Waals surface area (Å²) in [6.07, 6.45) is 6.58. The van der Waals surface area contributed by atoms with Crippen LogP contribution < -0.4 is 10.6 Å². The van der Waals surface area contributed by atoms with Crippen LogP contribution in [-0.4, -0.2) is 38.9 Å². The van der Waals surface area contributed by atoms with Crippen LogP contribution in [0.2, 0.25) is 0 Å². The van der Waals surface area contributed by atoms with Crippen molar-refractivity contribution in [2.45, 2.75) is 72.1 Å². The van der Waals surface area contributed by atoms with Gasteiger partial charge >= 0.3 is 0 Å². The van der Waals surface area contributed by atoms with Gasteiger partial charge in [-0.1, -0.05) is 37.1 Å². The molecule has 2 rings (SSSR count). The van der Waals surface area contributed by atoms with Gasteiger partial charge in [-0.25, -0.2) is 0 Å². The number of nitrogens with zero attached hydrogens (tertiary/aromatic N) is 1. The Bertz CT molecular complexity index is 595. The molecule has 0 saturated heterocycles. The quantitative estimate of drug-likeness (QED) is 0.337. The van der Waals surface area contributed by atoms with E-state index in [1.165, 1.54) is 36.8 Å². The zero-order valence-corrected chi connectivity index (χ0v) is 18.2. The predicted octanol–water partition coefficient (Wildman–Crippen LogP) is 4.26. The molecule has 28 heavy (non-hydrogen) atoms. The van der Waals surface area contributed by atoms with Gasteiger partial charge in [-0.2, -0.15) is 0 Å². The summed E-state index contributed by atoms with van der Waals surface area (Å²) in [7, 11) is 1.84. The van der Waals surface area contributed by atoms with Gasteiger partial charge in [0.1, 0.15) is 0 Å². The minimum Gasteiger partial charge on any atom is -0.382 e. The normalized spacial score (nSPS) is 16.5. The Morgan fingerprint density at radius 1 is 1.18 bits per heavy atom. The van der Waals surface area contributed by atoms with Crippen molar-refractivity contribution >= 4 is 5.96 Å². The van der Waals surface area contributed by atoms with Crippen molar-refractivity contribution in [2.75, 3.05) is 26.8 Å². The van der Waals surface area contributed by atoms with Crippen LogP contribution in [0.15, 0.2) is 29.3 Å². The molecule has 158 valence electrons. The Hall–Kier alpha value is -1.59. The second kappa shape index (κ2) is 12.1. The van der Waals surface area contributed by atoms with Crippen molar-refractivity contribution < 1.29 is 9.47 Å². The van der Waals surface area contributed by atoms with Crippen LogP contribution >= 0.6 is 0 Å². The van der Waals surface area contributed by atoms with Crippen molar-refractivity contribution in [1.82, 2.24) is 10.6 Å². The lowest BCUT2D eigenvalue weighted by Crippen LogP contribution is -2.43. The van der Waals surface area contributed by atoms with Crippen LogP contribution in [0.3, 0.4) is 0 Å². The molecule has 0 atom stereocenters. The molecule has 1 aromatic carbocycles. The molecule has 0 bridgehead atoms. The Balaban J connectivity index is 1.83. The lowest BCUT2D eigenvalue weighted by atomic mass is 9.83. The molecule has 0 radical (unpaired) electrons. The second-order valence-corrected chi connectivity index (χ2v) is 8.11. The van der Waals surface area contributed by atoms with Gasteiger partial charge in [-0.15, -0.1) is 0 Å². The van der Waals surface area contributed by atoms with Gasteiger partial charge in [-0.05, 0) is 56.6 Å². The first-order valence-corrected chi connectivity index (χ1v) is 10.8. The third-order valence-corrected chi connectivity index (χ3v) is 5.53. The minimum atomic E-state index is 0.246. The van der Waals surface area contributed by atoms with Crippen molar-refractivity contribution in [1.29, 1.82) is 0 Å². The average Bonchev–Trinajstić information content (AvgIpc) is 3.16. The van der Waals surface area contributed by atoms with Crippen LogP contribution in [0, 0.1) is 5.41 Å². The number of nitrogens with one attached hydrogen (secondary N) is 2. The number of benzene rings is 1. The zero-order chi connectivity index (χ0) is 20.2. The molecular weight excluding hydrogens is 350 g/mol. The Kier molecular flexibility index (Phi) is 9.79. The number of hydrogen-bond acceptors (Lipinski definition) is 3. The Morgan fingerprint density at radius 2 is 1.93 bits per heavy atom. The fraction of sp³-hybridized carbons (Fsp3) is 0.696. The molecule has 0 amide bonds. The summed E-state index contributed by atoms with van der Waals surface area (Å²) in [6.45, 7) is 10.2. The minimum absolute atomic E-state index is 0.246. The lowest BCUT2D eigenvalue weighted by molar-refractivity contribution is 0.0657. The van der Waals surface area contributed by atoms with Gasteiger partial charge < -0.3 is 20.1 Å². The summed E-state index contributed by atoms with van der Waals surface area (Å²) in [5.74, 6) is 0.867. The number of aliphatic imine (C=N–C) groups is 1. The van der Waals surface area contributed by atoms with E-state index in [9.17, 15) is 0 Å². The van der Waals surface area contributed by atoms with E-state index in [1.54, 1.807) is 0 Å². The number of rotatable bonds is 11. The molecule has 5 nitrogen and oxygen atoms in total. The molecule has 0 aliphatic heterocycles. The van der Waals surface area contributed by atoms with Gasteiger partial charge in [0.2, 0.25) is 0 Å². The summed E-state index contributed by atoms with van der Waals surface area (Å²) < 4.78 is 11.3. The predicted molar refractivity (Wildman–Crippen MR) is 117 cm³/mol. The standard InChI is InChI=1S/C23H39N3O2/c1-5-27-14-13-23(11-6-7-12-23)18-26-22(24-4)25-16-20-9-8-10-21(15-20)17-28-19(2)3/h8-10,15,19H,5-7,11-14,16-18H2,1-4H3,(H2,24,25,26). The average molecular weight is 390 g/mol. The number of guanidine groups is 1. The maximum Gasteiger partial charge on any atom is 0.191 e. The van der Waals surface area contributed by atoms with E-state index >= 15 is 0 Å². The van der Waals surface area contributed by atoms with Crippen LogP contribution in [0.5, 0.6) is 0 Å². The smallest absolute Gasteiger partial charge is 0.191 e. The van der Waals surface area contributed by atoms with Crippen molar-refractivity contribution in [2.24, 2.45) is 10.4 Å². The fourth-order valence-electron chi connectivity index (χ4n) is 3.84. The van der Waals surface area contributed by atoms with Gasteiger partial charge in [0.05, 0.1) is 12.7 Å². The van der Waals surface area contributed by atoms with Crippen LogP contribution in [0.25, 0.3) is 0 Å². The third kappa shape index (κ3) is 7.80. The second-order valence-electron chi connectivity index (χ2n) is 8.11. The van der Waals surface area contributed by atoms with E-state index in [0.717, 1.165) is 38.7 Å². The topological polar surface area (TPSA) is 54.9 Å². The highest BCUT2D eigenvalue weighted by Gasteiger charge is 2.33. The third-order valence-electron chi connectivity index (χ3n) is 5.53. The molecule has 1 aliphatic rings. The van der Waals surface area contributed by atoms with Gasteiger partial charge in [-0.3, -0.25) is 4.99 Å². The maximum absolute atomic E-state index is 5.71. The van der Waals surface area contributed by atoms with E-state index in [0.29, 0.717) is 12.0 Å². The summed E-state index contributed by atoms with van der Waals surface area (Å²) in [5.41, 5.74) is 2.79. The molecule has 1 aliphatic carbocycles. The highest BCUT2D eigenvalue weighted by Crippen LogP contribution is 2.40. The Labute approximate surface area is 171 Å². The first-order chi connectivity index (χ1) is 13.6. The summed E-state index contributed by atoms with van der Waals surface area (Å²) in [5, 5.41) is 7.02. The van der Waals surface area contributed by atoms with Crippen molar-refractivity contribution in [3.63, 3.8) is 0 Å². The molecule has 0 spiro atoms. The van der Waals surface area contributed by atoms with Gasteiger partial charge in [0.15, 0.2) is 5.96 Å². The highest BCUT2D eigenvalue weighted by molar-refractivity contribution is 5.79. The molecule has 0 unspecified atom stereocenters. The van der Waals surface area contributed by atoms with Gasteiger partial charge in [0, 0.05) is 33.4 Å². The monoisotopic (exact) mass is 389 g/mol. The lowest BCUT2D eigenvalue weighted by Gasteiger charge is -2.30. The number of ether oxygens (including phenoxy) is 2. The van der Waals surface area contributed by atoms with Crippen molar-refractivity contribution in [3.05, 3.63) is 35.4 Å². The van der Waals surface area contributed by atoms with E-state index in [-0.39, 0.29) is 6.10 Å². The Morgan fingerprint density at radius 3 is 2.61 bits per heavy atom. The van der Waals surface area contributed by atoms with E-state index in [4.69, 9.17) is 9.47 Å². The molecule has 0 heterocycles. The summed E-state index contributed by atoms with van der Waals surface area (Å²) in [6, 6.07) is 8.54. The van der Waals surface area contributed by atoms with Crippen molar-refractivity contribution in [3.8, 4) is 0 Å². The molecule has 2 N–H and O–H groups in total. The zero-order valence-electron chi connectivity index (χ0n) is 18.2. The molecular formula is C23H39N3O2. The molecule has 1 saturated carbocycles. The van der Waals surface area contributed by atoms with Crippen LogP contribution in [0.4, 0.5) is 0 Å². The highest BCUT2D eigenvalue weighted by atomic mass is 16.5. The fourth-order valence-corrected chi connectivity index (χ4v) is 3.84. The van der Waals surface area contributed by atoms with Gasteiger partial charge in [0.25, 0.3) is 0 Å². The van der Waals surface area contributed by atoms with Crippen LogP contribution in [-0.2, 0) is 22.6 Å². The maximum atomic E-state index is 5.71. The van der Waals surface area contributed by atoms with E-state index < -0.39 is 0 Å². The first kappa shape index (κ1) is 22.7. The van der Waals surface area contributed by atoms with E-state index in [2.05, 4.69) is 60.7 Å². The largest absolute Gasteiger partial charge is 0.382 e. The SMILES string of the molecule is CCOCCC1(CNC(=NC)NCc2cccc(COC(C)C)c2)CCCC1. The molecule has 1 aromatic rings. The van der Waals surface area contributed by atoms with Crippen LogP contribution in [0.1, 0.15) is 64.0 Å². The molecule has 5 heteroatoms. The van der Waals surface area contributed by atoms with E-state index in [1.807, 2.05) is 7.05 Å². The molecule has 0 aromatic heterocycles. The summed E-state index contributed by atoms with van der Waals surface area (Å²) in [4.78, 5) is 4.41. The molecule has 1 fully saturated rings. The summed E-state index contributed by atoms with van der Waals surface area (Å²) >= 11 is 0. The first-order valence-electron chi connectivity index (χ1n) is 10.8. The number of hydrogen-bond donors (Lipinski definition) is 2.